The van der Waals surface area contributed by atoms with Crippen molar-refractivity contribution in [1.29, 1.82) is 0 Å². The van der Waals surface area contributed by atoms with Crippen LogP contribution in [-0.2, 0) is 9.47 Å². The Bertz CT molecular complexity index is 745. The molecule has 2 aromatic rings. The summed E-state index contributed by atoms with van der Waals surface area (Å²) in [4.78, 5) is 24.1. The largest absolute Gasteiger partial charge is 0.497 e. The van der Waals surface area contributed by atoms with E-state index >= 15 is 0 Å². The minimum atomic E-state index is -0.630. The summed E-state index contributed by atoms with van der Waals surface area (Å²) in [6.07, 6.45) is -0.624. The quantitative estimate of drug-likeness (QED) is 0.856. The summed E-state index contributed by atoms with van der Waals surface area (Å²) >= 11 is 1.26. The SMILES string of the molecule is COC(=O)c1c(NC(=O)OC(C)(C)C)sc2cc(OC)ccc12. The molecule has 0 saturated carbocycles. The molecular formula is C16H19NO5S. The standard InChI is InChI=1S/C16H19NO5S/c1-16(2,3)22-15(19)17-13-12(14(18)21-5)10-7-6-9(20-4)8-11(10)23-13/h6-8H,1-5H3,(H,17,19). The second-order valence-electron chi connectivity index (χ2n) is 5.79. The molecule has 1 N–H and O–H groups in total. The Morgan fingerprint density at radius 3 is 2.43 bits per heavy atom. The molecule has 1 aromatic heterocycles. The molecule has 0 radical (unpaired) electrons. The smallest absolute Gasteiger partial charge is 0.412 e. The lowest BCUT2D eigenvalue weighted by Gasteiger charge is -2.19. The van der Waals surface area contributed by atoms with E-state index in [-0.39, 0.29) is 0 Å². The van der Waals surface area contributed by atoms with Gasteiger partial charge in [-0.05, 0) is 39.0 Å². The highest BCUT2D eigenvalue weighted by atomic mass is 32.1. The van der Waals surface area contributed by atoms with Gasteiger partial charge in [0.25, 0.3) is 0 Å². The number of thiophene rings is 1. The number of methoxy groups -OCH3 is 2. The third-order valence-electron chi connectivity index (χ3n) is 2.90. The Labute approximate surface area is 138 Å². The van der Waals surface area contributed by atoms with Gasteiger partial charge in [0, 0.05) is 10.1 Å². The molecule has 0 spiro atoms. The highest BCUT2D eigenvalue weighted by Gasteiger charge is 2.23. The Morgan fingerprint density at radius 1 is 1.17 bits per heavy atom. The summed E-state index contributed by atoms with van der Waals surface area (Å²) in [6.45, 7) is 5.30. The molecule has 23 heavy (non-hydrogen) atoms. The molecule has 1 aromatic carbocycles. The normalized spacial score (nSPS) is 11.2. The molecule has 0 saturated heterocycles. The molecular weight excluding hydrogens is 318 g/mol. The Morgan fingerprint density at radius 2 is 1.87 bits per heavy atom. The lowest BCUT2D eigenvalue weighted by molar-refractivity contribution is 0.0604. The van der Waals surface area contributed by atoms with Crippen LogP contribution >= 0.6 is 11.3 Å². The topological polar surface area (TPSA) is 73.9 Å². The number of ether oxygens (including phenoxy) is 3. The molecule has 0 bridgehead atoms. The van der Waals surface area contributed by atoms with Gasteiger partial charge in [-0.1, -0.05) is 0 Å². The van der Waals surface area contributed by atoms with E-state index in [1.807, 2.05) is 0 Å². The van der Waals surface area contributed by atoms with Crippen LogP contribution in [0.5, 0.6) is 5.75 Å². The van der Waals surface area contributed by atoms with Crippen molar-refractivity contribution in [2.75, 3.05) is 19.5 Å². The molecule has 0 aliphatic rings. The van der Waals surface area contributed by atoms with Crippen LogP contribution in [-0.4, -0.2) is 31.9 Å². The number of carbonyl (C=O) groups is 2. The monoisotopic (exact) mass is 337 g/mol. The number of hydrogen-bond acceptors (Lipinski definition) is 6. The lowest BCUT2D eigenvalue weighted by Crippen LogP contribution is -2.27. The molecule has 2 rings (SSSR count). The van der Waals surface area contributed by atoms with Gasteiger partial charge in [-0.15, -0.1) is 11.3 Å². The maximum atomic E-state index is 12.1. The van der Waals surface area contributed by atoms with Crippen molar-refractivity contribution in [2.45, 2.75) is 26.4 Å². The first kappa shape index (κ1) is 17.1. The van der Waals surface area contributed by atoms with E-state index in [4.69, 9.17) is 14.2 Å². The molecule has 124 valence electrons. The number of carbonyl (C=O) groups excluding carboxylic acids is 2. The first-order valence-electron chi connectivity index (χ1n) is 6.94. The maximum Gasteiger partial charge on any atom is 0.412 e. The average Bonchev–Trinajstić information content (AvgIpc) is 2.80. The van der Waals surface area contributed by atoms with E-state index in [1.165, 1.54) is 18.4 Å². The maximum absolute atomic E-state index is 12.1. The molecule has 0 fully saturated rings. The number of hydrogen-bond donors (Lipinski definition) is 1. The summed E-state index contributed by atoms with van der Waals surface area (Å²) in [7, 11) is 2.86. The fraction of sp³-hybridized carbons (Fsp3) is 0.375. The van der Waals surface area contributed by atoms with Crippen molar-refractivity contribution < 1.29 is 23.8 Å². The predicted molar refractivity (Wildman–Crippen MR) is 89.6 cm³/mol. The zero-order chi connectivity index (χ0) is 17.2. The van der Waals surface area contributed by atoms with Gasteiger partial charge in [0.15, 0.2) is 0 Å². The second kappa shape index (κ2) is 6.45. The highest BCUT2D eigenvalue weighted by Crippen LogP contribution is 2.38. The van der Waals surface area contributed by atoms with Crippen molar-refractivity contribution >= 4 is 38.5 Å². The van der Waals surface area contributed by atoms with Gasteiger partial charge in [-0.25, -0.2) is 9.59 Å². The first-order chi connectivity index (χ1) is 10.7. The van der Waals surface area contributed by atoms with Gasteiger partial charge in [-0.2, -0.15) is 0 Å². The van der Waals surface area contributed by atoms with E-state index in [9.17, 15) is 9.59 Å². The van der Waals surface area contributed by atoms with Gasteiger partial charge in [0.05, 0.1) is 14.2 Å². The summed E-state index contributed by atoms with van der Waals surface area (Å²) in [5.41, 5.74) is -0.323. The van der Waals surface area contributed by atoms with E-state index in [2.05, 4.69) is 5.32 Å². The fourth-order valence-corrected chi connectivity index (χ4v) is 3.10. The van der Waals surface area contributed by atoms with Gasteiger partial charge in [-0.3, -0.25) is 5.32 Å². The fourth-order valence-electron chi connectivity index (χ4n) is 1.99. The minimum Gasteiger partial charge on any atom is -0.497 e. The molecule has 0 atom stereocenters. The summed E-state index contributed by atoms with van der Waals surface area (Å²) < 4.78 is 16.0. The second-order valence-corrected chi connectivity index (χ2v) is 6.84. The van der Waals surface area contributed by atoms with Crippen LogP contribution < -0.4 is 10.1 Å². The third kappa shape index (κ3) is 3.92. The third-order valence-corrected chi connectivity index (χ3v) is 3.97. The average molecular weight is 337 g/mol. The van der Waals surface area contributed by atoms with Gasteiger partial charge in [0.1, 0.15) is 21.9 Å². The minimum absolute atomic E-state index is 0.306. The number of nitrogens with one attached hydrogen (secondary N) is 1. The molecule has 0 aliphatic heterocycles. The first-order valence-corrected chi connectivity index (χ1v) is 7.75. The molecule has 0 unspecified atom stereocenters. The zero-order valence-corrected chi connectivity index (χ0v) is 14.5. The molecule has 7 heteroatoms. The van der Waals surface area contributed by atoms with Crippen LogP contribution in [0.4, 0.5) is 9.80 Å². The van der Waals surface area contributed by atoms with Crippen molar-refractivity contribution in [1.82, 2.24) is 0 Å². The molecule has 0 aliphatic carbocycles. The number of benzene rings is 1. The van der Waals surface area contributed by atoms with E-state index in [1.54, 1.807) is 46.1 Å². The van der Waals surface area contributed by atoms with Crippen LogP contribution in [0, 0.1) is 0 Å². The van der Waals surface area contributed by atoms with E-state index < -0.39 is 17.7 Å². The van der Waals surface area contributed by atoms with Gasteiger partial charge in [0.2, 0.25) is 0 Å². The Hall–Kier alpha value is -2.28. The van der Waals surface area contributed by atoms with Gasteiger partial charge >= 0.3 is 12.1 Å². The number of anilines is 1. The van der Waals surface area contributed by atoms with E-state index in [0.717, 1.165) is 4.70 Å². The van der Waals surface area contributed by atoms with Crippen LogP contribution in [0.25, 0.3) is 10.1 Å². The zero-order valence-electron chi connectivity index (χ0n) is 13.7. The van der Waals surface area contributed by atoms with Crippen LogP contribution in [0.1, 0.15) is 31.1 Å². The highest BCUT2D eigenvalue weighted by molar-refractivity contribution is 7.23. The Kier molecular flexibility index (Phi) is 4.79. The van der Waals surface area contributed by atoms with E-state index in [0.29, 0.717) is 21.7 Å². The van der Waals surface area contributed by atoms with Gasteiger partial charge < -0.3 is 14.2 Å². The van der Waals surface area contributed by atoms with Crippen molar-refractivity contribution in [3.63, 3.8) is 0 Å². The predicted octanol–water partition coefficient (Wildman–Crippen LogP) is 4.04. The Balaban J connectivity index is 2.45. The summed E-state index contributed by atoms with van der Waals surface area (Å²) in [5.74, 6) is 0.145. The number of amides is 1. The summed E-state index contributed by atoms with van der Waals surface area (Å²) in [6, 6.07) is 5.31. The molecule has 1 amide bonds. The van der Waals surface area contributed by atoms with Crippen LogP contribution in [0.3, 0.4) is 0 Å². The van der Waals surface area contributed by atoms with Crippen molar-refractivity contribution in [2.24, 2.45) is 0 Å². The van der Waals surface area contributed by atoms with Crippen molar-refractivity contribution in [3.05, 3.63) is 23.8 Å². The summed E-state index contributed by atoms with van der Waals surface area (Å²) in [5, 5.41) is 3.70. The molecule has 6 nitrogen and oxygen atoms in total. The number of esters is 1. The van der Waals surface area contributed by atoms with Crippen molar-refractivity contribution in [3.8, 4) is 5.75 Å². The number of fused-ring (bicyclic) bond motifs is 1. The van der Waals surface area contributed by atoms with Crippen LogP contribution in [0.2, 0.25) is 0 Å². The number of rotatable bonds is 3. The van der Waals surface area contributed by atoms with Crippen LogP contribution in [0.15, 0.2) is 18.2 Å². The lowest BCUT2D eigenvalue weighted by atomic mass is 10.1. The molecule has 1 heterocycles.